The standard InChI is InChI=1S/C24H24N2O3/c27-23(20-6-5-18-3-1-2-4-19(18)17-20)11-12-24(28)25-21-7-9-22(10-8-21)26-13-15-29-16-14-26/h1-10,17H,11-16H2,(H,25,28). The molecular weight excluding hydrogens is 364 g/mol. The number of ketones is 1. The summed E-state index contributed by atoms with van der Waals surface area (Å²) in [5.74, 6) is -0.174. The summed E-state index contributed by atoms with van der Waals surface area (Å²) in [6, 6.07) is 21.4. The summed E-state index contributed by atoms with van der Waals surface area (Å²) in [4.78, 5) is 27.0. The maximum Gasteiger partial charge on any atom is 0.224 e. The van der Waals surface area contributed by atoms with Gasteiger partial charge in [-0.05, 0) is 41.1 Å². The van der Waals surface area contributed by atoms with Gasteiger partial charge in [0.25, 0.3) is 0 Å². The molecule has 3 aromatic rings. The molecular formula is C24H24N2O3. The van der Waals surface area contributed by atoms with Crippen molar-refractivity contribution in [2.24, 2.45) is 0 Å². The van der Waals surface area contributed by atoms with E-state index in [4.69, 9.17) is 4.74 Å². The molecule has 0 radical (unpaired) electrons. The monoisotopic (exact) mass is 388 g/mol. The number of fused-ring (bicyclic) bond motifs is 1. The van der Waals surface area contributed by atoms with Crippen molar-refractivity contribution in [3.63, 3.8) is 0 Å². The highest BCUT2D eigenvalue weighted by Crippen LogP contribution is 2.20. The predicted molar refractivity (Wildman–Crippen MR) is 116 cm³/mol. The first-order valence-corrected chi connectivity index (χ1v) is 9.94. The molecule has 29 heavy (non-hydrogen) atoms. The summed E-state index contributed by atoms with van der Waals surface area (Å²) in [5, 5.41) is 5.00. The number of hydrogen-bond donors (Lipinski definition) is 1. The van der Waals surface area contributed by atoms with Crippen molar-refractivity contribution < 1.29 is 14.3 Å². The molecule has 5 heteroatoms. The molecule has 0 aliphatic carbocycles. The van der Waals surface area contributed by atoms with Crippen LogP contribution in [0.5, 0.6) is 0 Å². The van der Waals surface area contributed by atoms with Gasteiger partial charge in [0.15, 0.2) is 5.78 Å². The van der Waals surface area contributed by atoms with Crippen LogP contribution in [0.25, 0.3) is 10.8 Å². The van der Waals surface area contributed by atoms with Gasteiger partial charge in [-0.3, -0.25) is 9.59 Å². The minimum Gasteiger partial charge on any atom is -0.378 e. The second kappa shape index (κ2) is 8.88. The number of hydrogen-bond acceptors (Lipinski definition) is 4. The highest BCUT2D eigenvalue weighted by atomic mass is 16.5. The summed E-state index contributed by atoms with van der Waals surface area (Å²) < 4.78 is 5.37. The van der Waals surface area contributed by atoms with E-state index in [0.717, 1.165) is 48.5 Å². The Labute approximate surface area is 170 Å². The number of nitrogens with one attached hydrogen (secondary N) is 1. The smallest absolute Gasteiger partial charge is 0.224 e. The molecule has 0 atom stereocenters. The highest BCUT2D eigenvalue weighted by Gasteiger charge is 2.12. The Balaban J connectivity index is 1.30. The normalized spacial score (nSPS) is 14.0. The summed E-state index contributed by atoms with van der Waals surface area (Å²) in [6.07, 6.45) is 0.354. The van der Waals surface area contributed by atoms with Gasteiger partial charge in [-0.15, -0.1) is 0 Å². The average Bonchev–Trinajstić information content (AvgIpc) is 2.78. The Kier molecular flexibility index (Phi) is 5.86. The number of carbonyl (C=O) groups is 2. The molecule has 1 aliphatic rings. The molecule has 3 aromatic carbocycles. The molecule has 1 fully saturated rings. The number of nitrogens with zero attached hydrogens (tertiary/aromatic N) is 1. The first kappa shape index (κ1) is 19.2. The summed E-state index contributed by atoms with van der Waals surface area (Å²) in [5.41, 5.74) is 2.51. The summed E-state index contributed by atoms with van der Waals surface area (Å²) in [6.45, 7) is 3.23. The highest BCUT2D eigenvalue weighted by molar-refractivity contribution is 6.02. The van der Waals surface area contributed by atoms with Crippen LogP contribution in [0.15, 0.2) is 66.7 Å². The lowest BCUT2D eigenvalue weighted by Crippen LogP contribution is -2.36. The number of anilines is 2. The number of carbonyl (C=O) groups excluding carboxylic acids is 2. The van der Waals surface area contributed by atoms with E-state index in [0.29, 0.717) is 5.56 Å². The molecule has 0 unspecified atom stereocenters. The topological polar surface area (TPSA) is 58.6 Å². The van der Waals surface area contributed by atoms with Gasteiger partial charge in [0.05, 0.1) is 13.2 Å². The maximum absolute atomic E-state index is 12.5. The van der Waals surface area contributed by atoms with Crippen LogP contribution in [0.3, 0.4) is 0 Å². The van der Waals surface area contributed by atoms with Crippen LogP contribution in [0.1, 0.15) is 23.2 Å². The van der Waals surface area contributed by atoms with E-state index in [2.05, 4.69) is 10.2 Å². The van der Waals surface area contributed by atoms with E-state index < -0.39 is 0 Å². The molecule has 1 saturated heterocycles. The molecule has 5 nitrogen and oxygen atoms in total. The van der Waals surface area contributed by atoms with E-state index >= 15 is 0 Å². The molecule has 4 rings (SSSR count). The lowest BCUT2D eigenvalue weighted by Gasteiger charge is -2.28. The molecule has 1 aliphatic heterocycles. The quantitative estimate of drug-likeness (QED) is 0.641. The van der Waals surface area contributed by atoms with Gasteiger partial charge in [0, 0.05) is 42.9 Å². The summed E-state index contributed by atoms with van der Waals surface area (Å²) >= 11 is 0. The third-order valence-electron chi connectivity index (χ3n) is 5.18. The van der Waals surface area contributed by atoms with Crippen LogP contribution in [0.4, 0.5) is 11.4 Å². The molecule has 0 aromatic heterocycles. The van der Waals surface area contributed by atoms with Crippen LogP contribution < -0.4 is 10.2 Å². The second-order valence-electron chi connectivity index (χ2n) is 7.18. The minimum absolute atomic E-state index is 0.0198. The molecule has 0 spiro atoms. The second-order valence-corrected chi connectivity index (χ2v) is 7.18. The number of morpholine rings is 1. The average molecular weight is 388 g/mol. The largest absolute Gasteiger partial charge is 0.378 e. The SMILES string of the molecule is O=C(CCC(=O)c1ccc2ccccc2c1)Nc1ccc(N2CCOCC2)cc1. The first-order valence-electron chi connectivity index (χ1n) is 9.94. The van der Waals surface area contributed by atoms with Crippen LogP contribution in [-0.2, 0) is 9.53 Å². The van der Waals surface area contributed by atoms with Gasteiger partial charge in [-0.25, -0.2) is 0 Å². The van der Waals surface area contributed by atoms with Crippen molar-refractivity contribution in [3.05, 3.63) is 72.3 Å². The van der Waals surface area contributed by atoms with Crippen LogP contribution in [0.2, 0.25) is 0 Å². The van der Waals surface area contributed by atoms with E-state index in [1.807, 2.05) is 66.7 Å². The number of benzene rings is 3. The fourth-order valence-corrected chi connectivity index (χ4v) is 3.53. The van der Waals surface area contributed by atoms with E-state index in [1.54, 1.807) is 0 Å². The van der Waals surface area contributed by atoms with Gasteiger partial charge in [-0.1, -0.05) is 36.4 Å². The first-order chi connectivity index (χ1) is 14.2. The zero-order chi connectivity index (χ0) is 20.1. The lowest BCUT2D eigenvalue weighted by molar-refractivity contribution is -0.116. The third kappa shape index (κ3) is 4.81. The Morgan fingerprint density at radius 3 is 2.34 bits per heavy atom. The molecule has 1 amide bonds. The molecule has 1 N–H and O–H groups in total. The van der Waals surface area contributed by atoms with Crippen molar-refractivity contribution in [1.29, 1.82) is 0 Å². The number of Topliss-reactive ketones (excluding diaryl/α,β-unsaturated/α-hetero) is 1. The van der Waals surface area contributed by atoms with Gasteiger partial charge in [0.2, 0.25) is 5.91 Å². The number of ether oxygens (including phenoxy) is 1. The van der Waals surface area contributed by atoms with E-state index in [-0.39, 0.29) is 24.5 Å². The predicted octanol–water partition coefficient (Wildman–Crippen LogP) is 4.28. The van der Waals surface area contributed by atoms with Gasteiger partial charge in [-0.2, -0.15) is 0 Å². The van der Waals surface area contributed by atoms with Crippen LogP contribution in [0, 0.1) is 0 Å². The lowest BCUT2D eigenvalue weighted by atomic mass is 10.0. The van der Waals surface area contributed by atoms with Gasteiger partial charge < -0.3 is 15.0 Å². The molecule has 0 saturated carbocycles. The Bertz CT molecular complexity index is 1010. The Hall–Kier alpha value is -3.18. The zero-order valence-corrected chi connectivity index (χ0v) is 16.3. The Morgan fingerprint density at radius 1 is 0.862 bits per heavy atom. The van der Waals surface area contributed by atoms with E-state index in [9.17, 15) is 9.59 Å². The zero-order valence-electron chi connectivity index (χ0n) is 16.3. The fourth-order valence-electron chi connectivity index (χ4n) is 3.53. The minimum atomic E-state index is -0.154. The third-order valence-corrected chi connectivity index (χ3v) is 5.18. The van der Waals surface area contributed by atoms with Crippen molar-refractivity contribution in [1.82, 2.24) is 0 Å². The van der Waals surface area contributed by atoms with Crippen LogP contribution in [-0.4, -0.2) is 38.0 Å². The van der Waals surface area contributed by atoms with Crippen molar-refractivity contribution >= 4 is 33.8 Å². The van der Waals surface area contributed by atoms with Crippen molar-refractivity contribution in [2.45, 2.75) is 12.8 Å². The van der Waals surface area contributed by atoms with Gasteiger partial charge in [0.1, 0.15) is 0 Å². The summed E-state index contributed by atoms with van der Waals surface area (Å²) in [7, 11) is 0. The Morgan fingerprint density at radius 2 is 1.59 bits per heavy atom. The van der Waals surface area contributed by atoms with Crippen molar-refractivity contribution in [3.8, 4) is 0 Å². The van der Waals surface area contributed by atoms with Gasteiger partial charge >= 0.3 is 0 Å². The number of rotatable bonds is 6. The maximum atomic E-state index is 12.5. The van der Waals surface area contributed by atoms with E-state index in [1.165, 1.54) is 0 Å². The van der Waals surface area contributed by atoms with Crippen LogP contribution >= 0.6 is 0 Å². The number of amides is 1. The molecule has 1 heterocycles. The molecule has 0 bridgehead atoms. The van der Waals surface area contributed by atoms with Crippen molar-refractivity contribution in [2.75, 3.05) is 36.5 Å². The fraction of sp³-hybridized carbons (Fsp3) is 0.250. The molecule has 148 valence electrons.